The van der Waals surface area contributed by atoms with E-state index in [9.17, 15) is 4.79 Å². The minimum Gasteiger partial charge on any atom is -0.480 e. The maximum atomic E-state index is 10.6. The molecule has 3 N–H and O–H groups in total. The molecule has 1 aliphatic heterocycles. The summed E-state index contributed by atoms with van der Waals surface area (Å²) in [4.78, 5) is 10.6. The summed E-state index contributed by atoms with van der Waals surface area (Å²) in [5.41, 5.74) is 0. The van der Waals surface area contributed by atoms with E-state index in [1.165, 1.54) is 0 Å². The molecule has 13 heavy (non-hydrogen) atoms. The summed E-state index contributed by atoms with van der Waals surface area (Å²) in [5, 5.41) is 25.0. The fraction of sp³-hybridized carbons (Fsp3) is 0.667. The van der Waals surface area contributed by atoms with Gasteiger partial charge >= 0.3 is 5.97 Å². The first kappa shape index (κ1) is 8.11. The molecule has 1 fully saturated rings. The lowest BCUT2D eigenvalue weighted by Gasteiger charge is -2.01. The molecule has 1 aliphatic rings. The van der Waals surface area contributed by atoms with Crippen molar-refractivity contribution in [1.29, 1.82) is 0 Å². The molecule has 7 nitrogen and oxygen atoms in total. The third kappa shape index (κ3) is 1.50. The van der Waals surface area contributed by atoms with Gasteiger partial charge in [-0.25, -0.2) is 0 Å². The van der Waals surface area contributed by atoms with Gasteiger partial charge in [0.15, 0.2) is 5.82 Å². The summed E-state index contributed by atoms with van der Waals surface area (Å²) in [7, 11) is 0. The molecule has 0 spiro atoms. The van der Waals surface area contributed by atoms with E-state index in [0.717, 1.165) is 0 Å². The molecule has 0 unspecified atom stereocenters. The smallest absolute Gasteiger partial charge is 0.320 e. The van der Waals surface area contributed by atoms with Crippen LogP contribution in [0.25, 0.3) is 0 Å². The Morgan fingerprint density at radius 3 is 3.00 bits per heavy atom. The molecule has 1 saturated heterocycles. The summed E-state index contributed by atoms with van der Waals surface area (Å²) in [5.74, 6) is -0.193. The predicted molar refractivity (Wildman–Crippen MR) is 41.0 cm³/mol. The van der Waals surface area contributed by atoms with Gasteiger partial charge in [0.25, 0.3) is 0 Å². The highest BCUT2D eigenvalue weighted by Crippen LogP contribution is 2.21. The molecule has 0 bridgehead atoms. The summed E-state index contributed by atoms with van der Waals surface area (Å²) in [6, 6.07) is -0.483. The van der Waals surface area contributed by atoms with E-state index < -0.39 is 12.0 Å². The first-order chi connectivity index (χ1) is 6.27. The summed E-state index contributed by atoms with van der Waals surface area (Å²) in [6.07, 6.45) is 0.523. The zero-order valence-electron chi connectivity index (χ0n) is 6.77. The van der Waals surface area contributed by atoms with Crippen LogP contribution in [0, 0.1) is 0 Å². The second-order valence-corrected chi connectivity index (χ2v) is 3.00. The van der Waals surface area contributed by atoms with Crippen molar-refractivity contribution < 1.29 is 9.90 Å². The van der Waals surface area contributed by atoms with Gasteiger partial charge in [-0.3, -0.25) is 4.79 Å². The quantitative estimate of drug-likeness (QED) is 0.528. The predicted octanol–water partition coefficient (Wildman–Crippen LogP) is -1.27. The molecule has 1 aromatic rings. The molecule has 0 saturated carbocycles. The van der Waals surface area contributed by atoms with Crippen LogP contribution in [0.3, 0.4) is 0 Å². The lowest BCUT2D eigenvalue weighted by molar-refractivity contribution is -0.139. The molecule has 0 aromatic carbocycles. The summed E-state index contributed by atoms with van der Waals surface area (Å²) < 4.78 is 0. The number of nitrogens with one attached hydrogen (secondary N) is 2. The first-order valence-electron chi connectivity index (χ1n) is 3.97. The van der Waals surface area contributed by atoms with Crippen molar-refractivity contribution in [3.8, 4) is 0 Å². The third-order valence-corrected chi connectivity index (χ3v) is 2.16. The monoisotopic (exact) mass is 183 g/mol. The van der Waals surface area contributed by atoms with Crippen LogP contribution in [0.15, 0.2) is 0 Å². The molecule has 0 radical (unpaired) electrons. The Hall–Kier alpha value is -1.50. The second-order valence-electron chi connectivity index (χ2n) is 3.00. The van der Waals surface area contributed by atoms with Crippen LogP contribution in [0.4, 0.5) is 0 Å². The van der Waals surface area contributed by atoms with Crippen LogP contribution in [0.1, 0.15) is 18.2 Å². The fourth-order valence-electron chi connectivity index (χ4n) is 1.46. The van der Waals surface area contributed by atoms with E-state index in [0.29, 0.717) is 18.8 Å². The molecule has 0 amide bonds. The van der Waals surface area contributed by atoms with Gasteiger partial charge in [0, 0.05) is 12.5 Å². The van der Waals surface area contributed by atoms with Crippen LogP contribution in [-0.2, 0) is 4.79 Å². The van der Waals surface area contributed by atoms with Crippen LogP contribution in [0.2, 0.25) is 0 Å². The van der Waals surface area contributed by atoms with E-state index in [-0.39, 0.29) is 5.92 Å². The topological polar surface area (TPSA) is 104 Å². The average Bonchev–Trinajstić information content (AvgIpc) is 2.75. The Morgan fingerprint density at radius 2 is 2.46 bits per heavy atom. The molecule has 7 heteroatoms. The highest BCUT2D eigenvalue weighted by Gasteiger charge is 2.32. The maximum absolute atomic E-state index is 10.6. The van der Waals surface area contributed by atoms with Crippen molar-refractivity contribution >= 4 is 5.97 Å². The molecular weight excluding hydrogens is 174 g/mol. The largest absolute Gasteiger partial charge is 0.480 e. The minimum atomic E-state index is -0.828. The van der Waals surface area contributed by atoms with Gasteiger partial charge in [-0.2, -0.15) is 5.21 Å². The number of H-pyrrole nitrogens is 1. The van der Waals surface area contributed by atoms with E-state index in [4.69, 9.17) is 5.11 Å². The number of carbonyl (C=O) groups is 1. The van der Waals surface area contributed by atoms with Crippen molar-refractivity contribution in [3.05, 3.63) is 5.82 Å². The fourth-order valence-corrected chi connectivity index (χ4v) is 1.46. The number of hydrogen-bond acceptors (Lipinski definition) is 5. The van der Waals surface area contributed by atoms with E-state index in [1.807, 2.05) is 0 Å². The third-order valence-electron chi connectivity index (χ3n) is 2.16. The molecule has 0 aliphatic carbocycles. The maximum Gasteiger partial charge on any atom is 0.320 e. The molecule has 2 atom stereocenters. The minimum absolute atomic E-state index is 0.0554. The van der Waals surface area contributed by atoms with Crippen LogP contribution in [0.5, 0.6) is 0 Å². The average molecular weight is 183 g/mol. The van der Waals surface area contributed by atoms with Crippen molar-refractivity contribution in [1.82, 2.24) is 25.9 Å². The Morgan fingerprint density at radius 1 is 1.62 bits per heavy atom. The number of aromatic amines is 1. The van der Waals surface area contributed by atoms with Gasteiger partial charge in [-0.1, -0.05) is 5.21 Å². The van der Waals surface area contributed by atoms with E-state index in [2.05, 4.69) is 25.9 Å². The summed E-state index contributed by atoms with van der Waals surface area (Å²) in [6.45, 7) is 0.594. The van der Waals surface area contributed by atoms with Gasteiger partial charge in [0.2, 0.25) is 0 Å². The Bertz CT molecular complexity index is 298. The lowest BCUT2D eigenvalue weighted by atomic mass is 10.1. The Labute approximate surface area is 73.5 Å². The zero-order valence-corrected chi connectivity index (χ0v) is 6.77. The second kappa shape index (κ2) is 3.09. The van der Waals surface area contributed by atoms with Crippen molar-refractivity contribution in [2.45, 2.75) is 18.4 Å². The standard InChI is InChI=1S/C6H9N5O2/c12-6(13)4-1-3(2-7-4)5-8-10-11-9-5/h3-4,7H,1-2H2,(H,12,13)(H,8,9,10,11)/t3-,4+/m1/s1. The molecule has 70 valence electrons. The van der Waals surface area contributed by atoms with E-state index in [1.54, 1.807) is 0 Å². The van der Waals surface area contributed by atoms with Crippen LogP contribution < -0.4 is 5.32 Å². The highest BCUT2D eigenvalue weighted by molar-refractivity contribution is 5.74. The van der Waals surface area contributed by atoms with Crippen LogP contribution in [-0.4, -0.2) is 44.3 Å². The van der Waals surface area contributed by atoms with Gasteiger partial charge in [-0.15, -0.1) is 10.2 Å². The van der Waals surface area contributed by atoms with Crippen molar-refractivity contribution in [2.24, 2.45) is 0 Å². The number of carboxylic acids is 1. The summed E-state index contributed by atoms with van der Waals surface area (Å²) >= 11 is 0. The number of nitrogens with zero attached hydrogens (tertiary/aromatic N) is 3. The van der Waals surface area contributed by atoms with Crippen LogP contribution >= 0.6 is 0 Å². The molecular formula is C6H9N5O2. The van der Waals surface area contributed by atoms with Gasteiger partial charge in [-0.05, 0) is 6.42 Å². The number of aliphatic carboxylic acids is 1. The molecule has 1 aromatic heterocycles. The van der Waals surface area contributed by atoms with Crippen molar-refractivity contribution in [3.63, 3.8) is 0 Å². The molecule has 2 rings (SSSR count). The zero-order chi connectivity index (χ0) is 9.26. The number of carboxylic acid groups (broad SMARTS) is 1. The number of hydrogen-bond donors (Lipinski definition) is 3. The lowest BCUT2D eigenvalue weighted by Crippen LogP contribution is -2.29. The first-order valence-corrected chi connectivity index (χ1v) is 3.97. The SMILES string of the molecule is O=C(O)[C@@H]1C[C@@H](c2nn[nH]n2)CN1. The van der Waals surface area contributed by atoms with Gasteiger partial charge in [0.1, 0.15) is 6.04 Å². The Kier molecular flexibility index (Phi) is 1.93. The van der Waals surface area contributed by atoms with Gasteiger partial charge in [0.05, 0.1) is 0 Å². The number of tetrazole rings is 1. The number of rotatable bonds is 2. The van der Waals surface area contributed by atoms with E-state index >= 15 is 0 Å². The Balaban J connectivity index is 2.03. The van der Waals surface area contributed by atoms with Gasteiger partial charge < -0.3 is 10.4 Å². The van der Waals surface area contributed by atoms with Crippen molar-refractivity contribution in [2.75, 3.05) is 6.54 Å². The normalized spacial score (nSPS) is 27.7. The highest BCUT2D eigenvalue weighted by atomic mass is 16.4. The molecule has 2 heterocycles. The number of aromatic nitrogens is 4.